The average Bonchev–Trinajstić information content (AvgIpc) is 3.13. The van der Waals surface area contributed by atoms with Gasteiger partial charge in [-0.05, 0) is 61.7 Å². The summed E-state index contributed by atoms with van der Waals surface area (Å²) in [6.07, 6.45) is 3.41. The standard InChI is InChI=1S/C26H29F2N3O4S/c1-16-12-22(35-2)20(19-8-10-29-23(16)19)14-31-11-9-25(15-26(25,27)28)13-21(31)17-4-6-18(7-5-17)24(32)30-36(3,33)34/h4-8,10,12,21,29H,9,11,13-15H2,1-3H3,(H,30,32). The minimum absolute atomic E-state index is 0.102. The van der Waals surface area contributed by atoms with Gasteiger partial charge in [0.2, 0.25) is 10.0 Å². The number of piperidine rings is 1. The van der Waals surface area contributed by atoms with Gasteiger partial charge in [0.15, 0.2) is 0 Å². The summed E-state index contributed by atoms with van der Waals surface area (Å²) in [5, 5.41) is 1.04. The van der Waals surface area contributed by atoms with Gasteiger partial charge in [0.1, 0.15) is 5.75 Å². The van der Waals surface area contributed by atoms with E-state index in [1.807, 2.05) is 30.0 Å². The van der Waals surface area contributed by atoms with E-state index in [2.05, 4.69) is 9.88 Å². The third-order valence-corrected chi connectivity index (χ3v) is 8.20. The van der Waals surface area contributed by atoms with E-state index in [0.717, 1.165) is 39.6 Å². The molecule has 7 nitrogen and oxygen atoms in total. The van der Waals surface area contributed by atoms with Crippen molar-refractivity contribution >= 4 is 26.8 Å². The van der Waals surface area contributed by atoms with Crippen LogP contribution < -0.4 is 9.46 Å². The van der Waals surface area contributed by atoms with Crippen LogP contribution in [0.4, 0.5) is 8.78 Å². The third kappa shape index (κ3) is 4.37. The lowest BCUT2D eigenvalue weighted by molar-refractivity contribution is 0.00631. The number of carbonyl (C=O) groups excluding carboxylic acids is 1. The molecule has 2 heterocycles. The van der Waals surface area contributed by atoms with Gasteiger partial charge in [-0.3, -0.25) is 9.69 Å². The number of aryl methyl sites for hydroxylation is 1. The number of likely N-dealkylation sites (tertiary alicyclic amines) is 1. The highest BCUT2D eigenvalue weighted by atomic mass is 32.2. The van der Waals surface area contributed by atoms with Crippen LogP contribution in [-0.2, 0) is 16.6 Å². The molecule has 1 saturated carbocycles. The van der Waals surface area contributed by atoms with Crippen LogP contribution in [-0.4, -0.2) is 50.0 Å². The Morgan fingerprint density at radius 2 is 1.94 bits per heavy atom. The van der Waals surface area contributed by atoms with Gasteiger partial charge >= 0.3 is 0 Å². The number of aromatic nitrogens is 1. The quantitative estimate of drug-likeness (QED) is 0.501. The van der Waals surface area contributed by atoms with E-state index in [-0.39, 0.29) is 18.0 Å². The number of H-pyrrole nitrogens is 1. The molecule has 1 aliphatic heterocycles. The monoisotopic (exact) mass is 517 g/mol. The van der Waals surface area contributed by atoms with Gasteiger partial charge in [-0.1, -0.05) is 12.1 Å². The number of nitrogens with zero attached hydrogens (tertiary/aromatic N) is 1. The topological polar surface area (TPSA) is 91.5 Å². The highest BCUT2D eigenvalue weighted by molar-refractivity contribution is 7.89. The Morgan fingerprint density at radius 1 is 1.25 bits per heavy atom. The maximum absolute atomic E-state index is 14.4. The first-order chi connectivity index (χ1) is 16.9. The molecule has 1 aromatic heterocycles. The highest BCUT2D eigenvalue weighted by Gasteiger charge is 2.71. The van der Waals surface area contributed by atoms with Crippen LogP contribution in [0.3, 0.4) is 0 Å². The second-order valence-electron chi connectivity index (χ2n) is 10.1. The Morgan fingerprint density at radius 3 is 2.56 bits per heavy atom. The molecule has 2 aromatic carbocycles. The summed E-state index contributed by atoms with van der Waals surface area (Å²) >= 11 is 0. The van der Waals surface area contributed by atoms with Crippen molar-refractivity contribution in [3.8, 4) is 5.75 Å². The number of fused-ring (bicyclic) bond motifs is 1. The number of carbonyl (C=O) groups is 1. The van der Waals surface area contributed by atoms with E-state index in [1.54, 1.807) is 19.2 Å². The smallest absolute Gasteiger partial charge is 0.264 e. The second kappa shape index (κ2) is 8.55. The van der Waals surface area contributed by atoms with Crippen LogP contribution in [0.1, 0.15) is 52.4 Å². The molecule has 36 heavy (non-hydrogen) atoms. The van der Waals surface area contributed by atoms with Crippen molar-refractivity contribution in [2.45, 2.75) is 44.7 Å². The lowest BCUT2D eigenvalue weighted by atomic mass is 9.83. The number of rotatable bonds is 6. The predicted octanol–water partition coefficient (Wildman–Crippen LogP) is 4.54. The summed E-state index contributed by atoms with van der Waals surface area (Å²) in [7, 11) is -2.06. The van der Waals surface area contributed by atoms with Gasteiger partial charge in [-0.2, -0.15) is 0 Å². The Labute approximate surface area is 208 Å². The lowest BCUT2D eigenvalue weighted by Crippen LogP contribution is -2.39. The zero-order valence-corrected chi connectivity index (χ0v) is 21.2. The van der Waals surface area contributed by atoms with E-state index < -0.39 is 27.3 Å². The molecule has 1 spiro atoms. The summed E-state index contributed by atoms with van der Waals surface area (Å²) in [5.41, 5.74) is 3.07. The molecule has 2 atom stereocenters. The van der Waals surface area contributed by atoms with Crippen LogP contribution >= 0.6 is 0 Å². The van der Waals surface area contributed by atoms with Gasteiger partial charge in [-0.25, -0.2) is 21.9 Å². The zero-order valence-electron chi connectivity index (χ0n) is 20.4. The van der Waals surface area contributed by atoms with Gasteiger partial charge < -0.3 is 9.72 Å². The number of halogens is 2. The largest absolute Gasteiger partial charge is 0.496 e. The zero-order chi connectivity index (χ0) is 25.9. The summed E-state index contributed by atoms with van der Waals surface area (Å²) in [6.45, 7) is 3.02. The van der Waals surface area contributed by atoms with E-state index in [4.69, 9.17) is 4.74 Å². The van der Waals surface area contributed by atoms with Gasteiger partial charge in [0, 0.05) is 52.6 Å². The van der Waals surface area contributed by atoms with E-state index in [9.17, 15) is 22.0 Å². The fraction of sp³-hybridized carbons (Fsp3) is 0.423. The fourth-order valence-corrected chi connectivity index (χ4v) is 6.03. The minimum atomic E-state index is -3.69. The molecule has 5 rings (SSSR count). The highest BCUT2D eigenvalue weighted by Crippen LogP contribution is 2.68. The molecule has 3 aromatic rings. The molecule has 2 unspecified atom stereocenters. The van der Waals surface area contributed by atoms with Crippen LogP contribution in [0.5, 0.6) is 5.75 Å². The fourth-order valence-electron chi connectivity index (χ4n) is 5.57. The molecule has 2 aliphatic rings. The van der Waals surface area contributed by atoms with Gasteiger partial charge in [-0.15, -0.1) is 0 Å². The first-order valence-electron chi connectivity index (χ1n) is 11.8. The summed E-state index contributed by atoms with van der Waals surface area (Å²) in [4.78, 5) is 17.7. The number of methoxy groups -OCH3 is 1. The van der Waals surface area contributed by atoms with Crippen molar-refractivity contribution in [2.24, 2.45) is 5.41 Å². The summed E-state index contributed by atoms with van der Waals surface area (Å²) in [5.74, 6) is -2.64. The van der Waals surface area contributed by atoms with E-state index >= 15 is 0 Å². The van der Waals surface area contributed by atoms with Crippen LogP contribution in [0.25, 0.3) is 10.9 Å². The van der Waals surface area contributed by atoms with Crippen LogP contribution in [0, 0.1) is 12.3 Å². The van der Waals surface area contributed by atoms with Crippen molar-refractivity contribution in [1.29, 1.82) is 0 Å². The van der Waals surface area contributed by atoms with Crippen molar-refractivity contribution < 1.29 is 26.7 Å². The molecule has 2 N–H and O–H groups in total. The molecule has 2 fully saturated rings. The van der Waals surface area contributed by atoms with Gasteiger partial charge in [0.25, 0.3) is 11.8 Å². The average molecular weight is 518 g/mol. The number of sulfonamides is 1. The van der Waals surface area contributed by atoms with Crippen molar-refractivity contribution in [2.75, 3.05) is 19.9 Å². The van der Waals surface area contributed by atoms with E-state index in [0.29, 0.717) is 25.9 Å². The Bertz CT molecular complexity index is 1440. The minimum Gasteiger partial charge on any atom is -0.496 e. The number of aromatic amines is 1. The number of hydrogen-bond donors (Lipinski definition) is 2. The molecule has 1 aliphatic carbocycles. The Hall–Kier alpha value is -2.98. The Kier molecular flexibility index (Phi) is 5.87. The molecular weight excluding hydrogens is 488 g/mol. The van der Waals surface area contributed by atoms with Gasteiger partial charge in [0.05, 0.1) is 13.4 Å². The molecule has 1 amide bonds. The number of ether oxygens (including phenoxy) is 1. The number of benzene rings is 2. The Balaban J connectivity index is 1.48. The van der Waals surface area contributed by atoms with Crippen LogP contribution in [0.2, 0.25) is 0 Å². The van der Waals surface area contributed by atoms with Crippen molar-refractivity contribution in [1.82, 2.24) is 14.6 Å². The molecule has 1 saturated heterocycles. The van der Waals surface area contributed by atoms with Crippen molar-refractivity contribution in [3.05, 3.63) is 64.8 Å². The van der Waals surface area contributed by atoms with E-state index in [1.165, 1.54) is 12.1 Å². The first-order valence-corrected chi connectivity index (χ1v) is 13.7. The summed E-state index contributed by atoms with van der Waals surface area (Å²) < 4.78 is 59.3. The lowest BCUT2D eigenvalue weighted by Gasteiger charge is -2.40. The summed E-state index contributed by atoms with van der Waals surface area (Å²) in [6, 6.07) is 10.2. The number of hydrogen-bond acceptors (Lipinski definition) is 5. The SMILES string of the molecule is COc1cc(C)c2[nH]ccc2c1CN1CCC2(CC1c1ccc(C(=O)NS(C)(=O)=O)cc1)CC2(F)F. The number of nitrogens with one attached hydrogen (secondary N) is 2. The maximum Gasteiger partial charge on any atom is 0.264 e. The number of alkyl halides is 2. The number of amides is 1. The molecular formula is C26H29F2N3O4S. The predicted molar refractivity (Wildman–Crippen MR) is 133 cm³/mol. The first kappa shape index (κ1) is 24.7. The van der Waals surface area contributed by atoms with Crippen molar-refractivity contribution in [3.63, 3.8) is 0 Å². The normalized spacial score (nSPS) is 23.6. The van der Waals surface area contributed by atoms with Crippen LogP contribution in [0.15, 0.2) is 42.6 Å². The third-order valence-electron chi connectivity index (χ3n) is 7.64. The molecule has 10 heteroatoms. The molecule has 0 radical (unpaired) electrons. The second-order valence-corrected chi connectivity index (χ2v) is 11.8. The molecule has 0 bridgehead atoms. The molecule has 192 valence electrons. The maximum atomic E-state index is 14.4.